The van der Waals surface area contributed by atoms with E-state index >= 15 is 4.39 Å². The van der Waals surface area contributed by atoms with Gasteiger partial charge in [-0.3, -0.25) is 0 Å². The summed E-state index contributed by atoms with van der Waals surface area (Å²) in [5.74, 6) is 0.442. The smallest absolute Gasteiger partial charge is 0.324 e. The van der Waals surface area contributed by atoms with Gasteiger partial charge in [0.25, 0.3) is 0 Å². The fourth-order valence-electron chi connectivity index (χ4n) is 5.32. The average Bonchev–Trinajstić information content (AvgIpc) is 3.11. The lowest BCUT2D eigenvalue weighted by atomic mass is 9.73. The Balaban J connectivity index is 1.61. The summed E-state index contributed by atoms with van der Waals surface area (Å²) in [6.45, 7) is 1.78. The second kappa shape index (κ2) is 7.32. The SMILES string of the molecule is CNc1cc(F)c2c3c1[nH]c1nc(Oc4cnc(C)nc4)nc(c13)[C@H]1C[C@@H](O)[C@@H](O)C[C@@H]1C2. The first-order chi connectivity index (χ1) is 15.9. The van der Waals surface area contributed by atoms with Crippen molar-refractivity contribution in [1.82, 2.24) is 24.9 Å². The molecule has 1 aromatic carbocycles. The molecule has 4 aromatic rings. The number of H-pyrrole nitrogens is 1. The number of aliphatic hydroxyl groups excluding tert-OH is 2. The average molecular weight is 450 g/mol. The number of rotatable bonds is 3. The van der Waals surface area contributed by atoms with Gasteiger partial charge in [0.2, 0.25) is 0 Å². The number of nitrogens with one attached hydrogen (secondary N) is 2. The molecule has 10 heteroatoms. The minimum Gasteiger partial charge on any atom is -0.421 e. The number of benzene rings is 1. The van der Waals surface area contributed by atoms with E-state index in [-0.39, 0.29) is 23.7 Å². The zero-order valence-electron chi connectivity index (χ0n) is 18.1. The van der Waals surface area contributed by atoms with Gasteiger partial charge in [-0.25, -0.2) is 14.4 Å². The van der Waals surface area contributed by atoms with Crippen LogP contribution in [-0.2, 0) is 6.42 Å². The first kappa shape index (κ1) is 20.3. The van der Waals surface area contributed by atoms with E-state index in [0.717, 1.165) is 16.3 Å². The van der Waals surface area contributed by atoms with Crippen molar-refractivity contribution in [2.45, 2.75) is 44.3 Å². The normalized spacial score (nSPS) is 24.2. The largest absolute Gasteiger partial charge is 0.421 e. The fraction of sp³-hybridized carbons (Fsp3) is 0.391. The van der Waals surface area contributed by atoms with E-state index in [4.69, 9.17) is 9.72 Å². The van der Waals surface area contributed by atoms with E-state index in [1.807, 2.05) is 0 Å². The van der Waals surface area contributed by atoms with Crippen molar-refractivity contribution in [2.75, 3.05) is 12.4 Å². The Morgan fingerprint density at radius 1 is 1.12 bits per heavy atom. The maximum absolute atomic E-state index is 15.3. The molecule has 0 saturated heterocycles. The number of anilines is 1. The summed E-state index contributed by atoms with van der Waals surface area (Å²) in [6, 6.07) is 1.60. The summed E-state index contributed by atoms with van der Waals surface area (Å²) in [4.78, 5) is 20.9. The molecular weight excluding hydrogens is 427 g/mol. The van der Waals surface area contributed by atoms with Gasteiger partial charge >= 0.3 is 6.01 Å². The topological polar surface area (TPSA) is 129 Å². The third-order valence-corrected chi connectivity index (χ3v) is 6.90. The van der Waals surface area contributed by atoms with Crippen molar-refractivity contribution >= 4 is 27.6 Å². The Hall–Kier alpha value is -3.37. The van der Waals surface area contributed by atoms with Gasteiger partial charge in [0, 0.05) is 23.7 Å². The highest BCUT2D eigenvalue weighted by atomic mass is 19.1. The van der Waals surface area contributed by atoms with E-state index < -0.39 is 12.2 Å². The molecule has 2 aliphatic rings. The van der Waals surface area contributed by atoms with Crippen molar-refractivity contribution < 1.29 is 19.3 Å². The van der Waals surface area contributed by atoms with Crippen LogP contribution >= 0.6 is 0 Å². The van der Waals surface area contributed by atoms with Crippen molar-refractivity contribution in [3.05, 3.63) is 41.4 Å². The van der Waals surface area contributed by atoms with Crippen molar-refractivity contribution in [3.8, 4) is 11.8 Å². The number of fused-ring (bicyclic) bond motifs is 2. The van der Waals surface area contributed by atoms with Crippen LogP contribution in [0.1, 0.15) is 35.8 Å². The molecule has 3 aromatic heterocycles. The Kier molecular flexibility index (Phi) is 4.49. The van der Waals surface area contributed by atoms with Crippen molar-refractivity contribution in [3.63, 3.8) is 0 Å². The molecule has 170 valence electrons. The van der Waals surface area contributed by atoms with Gasteiger partial charge in [0.05, 0.1) is 41.5 Å². The zero-order chi connectivity index (χ0) is 22.9. The van der Waals surface area contributed by atoms with Gasteiger partial charge in [-0.1, -0.05) is 0 Å². The van der Waals surface area contributed by atoms with Gasteiger partial charge in [0.15, 0.2) is 5.75 Å². The monoisotopic (exact) mass is 450 g/mol. The summed E-state index contributed by atoms with van der Waals surface area (Å²) >= 11 is 0. The van der Waals surface area contributed by atoms with Crippen LogP contribution in [0.2, 0.25) is 0 Å². The molecule has 1 fully saturated rings. The lowest BCUT2D eigenvalue weighted by molar-refractivity contribution is -0.0339. The van der Waals surface area contributed by atoms with Gasteiger partial charge in [-0.05, 0) is 43.7 Å². The van der Waals surface area contributed by atoms with Crippen LogP contribution in [0.4, 0.5) is 10.1 Å². The number of aromatic amines is 1. The first-order valence-electron chi connectivity index (χ1n) is 11.0. The highest BCUT2D eigenvalue weighted by molar-refractivity contribution is 6.13. The highest BCUT2D eigenvalue weighted by Crippen LogP contribution is 2.48. The van der Waals surface area contributed by atoms with Crippen LogP contribution in [0.15, 0.2) is 18.5 Å². The molecular formula is C23H23FN6O3. The Bertz CT molecular complexity index is 1390. The summed E-state index contributed by atoms with van der Waals surface area (Å²) in [5.41, 5.74) is 3.17. The summed E-state index contributed by atoms with van der Waals surface area (Å²) < 4.78 is 21.2. The second-order valence-corrected chi connectivity index (χ2v) is 8.87. The van der Waals surface area contributed by atoms with Crippen LogP contribution in [-0.4, -0.2) is 54.4 Å². The molecule has 0 amide bonds. The number of hydrogen-bond acceptors (Lipinski definition) is 8. The van der Waals surface area contributed by atoms with E-state index in [0.29, 0.717) is 53.4 Å². The minimum absolute atomic E-state index is 0.0809. The molecule has 4 N–H and O–H groups in total. The van der Waals surface area contributed by atoms with Gasteiger partial charge in [-0.2, -0.15) is 9.97 Å². The van der Waals surface area contributed by atoms with E-state index in [1.54, 1.807) is 26.4 Å². The summed E-state index contributed by atoms with van der Waals surface area (Å²) in [5, 5.41) is 25.3. The Morgan fingerprint density at radius 2 is 1.88 bits per heavy atom. The summed E-state index contributed by atoms with van der Waals surface area (Å²) in [6.07, 6.45) is 2.50. The molecule has 1 saturated carbocycles. The minimum atomic E-state index is -0.875. The van der Waals surface area contributed by atoms with Crippen LogP contribution in [0.3, 0.4) is 0 Å². The number of aliphatic hydroxyl groups is 2. The third kappa shape index (κ3) is 3.12. The molecule has 33 heavy (non-hydrogen) atoms. The molecule has 9 nitrogen and oxygen atoms in total. The second-order valence-electron chi connectivity index (χ2n) is 8.87. The molecule has 0 spiro atoms. The van der Waals surface area contributed by atoms with Crippen molar-refractivity contribution in [1.29, 1.82) is 0 Å². The zero-order valence-corrected chi connectivity index (χ0v) is 18.1. The standard InChI is InChI=1S/C23H23FN6O3/c1-9-26-7-11(8-27-9)33-23-29-20-12-5-17(32)16(31)4-10(12)3-13-14(24)6-15(25-2)21-18(13)19(20)22(28-21)30-23/h6-8,10,12,16-17,25,31-32H,3-5H2,1-2H3,(H,28,29,30)/t10-,12-,16-,17+/m0/s1. The Labute approximate surface area is 188 Å². The molecule has 6 rings (SSSR count). The quantitative estimate of drug-likeness (QED) is 0.375. The van der Waals surface area contributed by atoms with E-state index in [2.05, 4.69) is 25.3 Å². The molecule has 0 radical (unpaired) electrons. The van der Waals surface area contributed by atoms with Crippen LogP contribution in [0.5, 0.6) is 11.8 Å². The number of aryl methyl sites for hydroxylation is 1. The van der Waals surface area contributed by atoms with Gasteiger partial charge < -0.3 is 25.3 Å². The predicted molar refractivity (Wildman–Crippen MR) is 119 cm³/mol. The van der Waals surface area contributed by atoms with E-state index in [9.17, 15) is 10.2 Å². The van der Waals surface area contributed by atoms with Crippen molar-refractivity contribution in [2.24, 2.45) is 5.92 Å². The predicted octanol–water partition coefficient (Wildman–Crippen LogP) is 2.95. The number of hydrogen-bond donors (Lipinski definition) is 4. The number of ether oxygens (including phenoxy) is 1. The lowest BCUT2D eigenvalue weighted by Gasteiger charge is -2.36. The number of aromatic nitrogens is 5. The van der Waals surface area contributed by atoms with E-state index in [1.165, 1.54) is 6.07 Å². The number of nitrogens with zero attached hydrogens (tertiary/aromatic N) is 4. The maximum atomic E-state index is 15.3. The molecule has 0 aliphatic heterocycles. The van der Waals surface area contributed by atoms with Gasteiger partial charge in [0.1, 0.15) is 17.3 Å². The lowest BCUT2D eigenvalue weighted by Crippen LogP contribution is -2.38. The van der Waals surface area contributed by atoms with Crippen LogP contribution in [0.25, 0.3) is 21.9 Å². The maximum Gasteiger partial charge on any atom is 0.324 e. The molecule has 3 heterocycles. The summed E-state index contributed by atoms with van der Waals surface area (Å²) in [7, 11) is 1.74. The fourth-order valence-corrected chi connectivity index (χ4v) is 5.32. The first-order valence-corrected chi connectivity index (χ1v) is 11.0. The third-order valence-electron chi connectivity index (χ3n) is 6.90. The molecule has 2 aliphatic carbocycles. The van der Waals surface area contributed by atoms with Gasteiger partial charge in [-0.15, -0.1) is 0 Å². The van der Waals surface area contributed by atoms with Crippen LogP contribution in [0, 0.1) is 18.7 Å². The molecule has 4 atom stereocenters. The molecule has 0 unspecified atom stereocenters. The Morgan fingerprint density at radius 3 is 2.64 bits per heavy atom. The number of halogens is 1. The van der Waals surface area contributed by atoms with Crippen LogP contribution < -0.4 is 10.1 Å². The highest BCUT2D eigenvalue weighted by Gasteiger charge is 2.41. The molecule has 0 bridgehead atoms.